The molecule has 0 radical (unpaired) electrons. The van der Waals surface area contributed by atoms with Crippen molar-refractivity contribution in [3.05, 3.63) is 30.1 Å². The van der Waals surface area contributed by atoms with Gasteiger partial charge >= 0.3 is 0 Å². The van der Waals surface area contributed by atoms with E-state index in [2.05, 4.69) is 46.8 Å². The van der Waals surface area contributed by atoms with Gasteiger partial charge in [0.2, 0.25) is 0 Å². The Balaban J connectivity index is 2.03. The van der Waals surface area contributed by atoms with E-state index in [9.17, 15) is 0 Å². The Morgan fingerprint density at radius 2 is 1.95 bits per heavy atom. The predicted molar refractivity (Wildman–Crippen MR) is 86.4 cm³/mol. The second-order valence-corrected chi connectivity index (χ2v) is 5.88. The van der Waals surface area contributed by atoms with E-state index in [4.69, 9.17) is 10.7 Å². The van der Waals surface area contributed by atoms with Crippen molar-refractivity contribution in [2.75, 3.05) is 32.7 Å². The Kier molecular flexibility index (Phi) is 4.24. The van der Waals surface area contributed by atoms with Gasteiger partial charge < -0.3 is 15.6 Å². The van der Waals surface area contributed by atoms with Crippen LogP contribution in [0, 0.1) is 0 Å². The van der Waals surface area contributed by atoms with Gasteiger partial charge in [-0.25, -0.2) is 4.98 Å². The van der Waals surface area contributed by atoms with Gasteiger partial charge in [0, 0.05) is 38.8 Å². The highest BCUT2D eigenvalue weighted by atomic mass is 15.2. The van der Waals surface area contributed by atoms with E-state index in [1.54, 1.807) is 0 Å². The minimum atomic E-state index is 0.262. The molecule has 21 heavy (non-hydrogen) atoms. The lowest BCUT2D eigenvalue weighted by Crippen LogP contribution is -2.45. The van der Waals surface area contributed by atoms with Gasteiger partial charge in [0.15, 0.2) is 0 Å². The molecule has 0 spiro atoms. The molecule has 114 valence electrons. The molecule has 1 aromatic heterocycles. The van der Waals surface area contributed by atoms with Crippen molar-refractivity contribution in [3.63, 3.8) is 0 Å². The van der Waals surface area contributed by atoms with E-state index in [0.29, 0.717) is 12.6 Å². The summed E-state index contributed by atoms with van der Waals surface area (Å²) >= 11 is 0. The van der Waals surface area contributed by atoms with Crippen molar-refractivity contribution >= 4 is 11.0 Å². The van der Waals surface area contributed by atoms with E-state index in [1.165, 1.54) is 5.52 Å². The van der Waals surface area contributed by atoms with Crippen molar-refractivity contribution < 1.29 is 0 Å². The second kappa shape index (κ2) is 6.13. The molecule has 1 fully saturated rings. The fourth-order valence-corrected chi connectivity index (χ4v) is 3.16. The number of nitrogens with zero attached hydrogens (tertiary/aromatic N) is 3. The summed E-state index contributed by atoms with van der Waals surface area (Å²) in [6.07, 6.45) is 0. The molecule has 3 rings (SSSR count). The van der Waals surface area contributed by atoms with Gasteiger partial charge in [-0.05, 0) is 26.0 Å². The van der Waals surface area contributed by atoms with Gasteiger partial charge in [0.1, 0.15) is 5.82 Å². The first-order valence-electron chi connectivity index (χ1n) is 7.84. The van der Waals surface area contributed by atoms with Crippen LogP contribution in [-0.4, -0.2) is 47.2 Å². The number of hydrogen-bond acceptors (Lipinski definition) is 4. The van der Waals surface area contributed by atoms with Gasteiger partial charge in [-0.2, -0.15) is 0 Å². The molecular weight excluding hydrogens is 262 g/mol. The average Bonchev–Trinajstić information content (AvgIpc) is 2.93. The second-order valence-electron chi connectivity index (χ2n) is 5.88. The third-order valence-corrected chi connectivity index (χ3v) is 4.48. The monoisotopic (exact) mass is 287 g/mol. The summed E-state index contributed by atoms with van der Waals surface area (Å²) in [6, 6.07) is 8.92. The van der Waals surface area contributed by atoms with Gasteiger partial charge in [-0.15, -0.1) is 0 Å². The maximum atomic E-state index is 5.93. The van der Waals surface area contributed by atoms with Gasteiger partial charge in [-0.1, -0.05) is 12.1 Å². The van der Waals surface area contributed by atoms with E-state index in [0.717, 1.165) is 37.5 Å². The van der Waals surface area contributed by atoms with E-state index in [1.807, 2.05) is 6.07 Å². The van der Waals surface area contributed by atoms with Crippen LogP contribution in [0.2, 0.25) is 0 Å². The van der Waals surface area contributed by atoms with Crippen LogP contribution in [0.15, 0.2) is 24.3 Å². The molecular formula is C16H25N5. The molecule has 2 unspecified atom stereocenters. The number of rotatable bonds is 4. The number of para-hydroxylation sites is 2. The summed E-state index contributed by atoms with van der Waals surface area (Å²) in [5, 5.41) is 3.41. The van der Waals surface area contributed by atoms with Crippen LogP contribution >= 0.6 is 0 Å². The predicted octanol–water partition coefficient (Wildman–Crippen LogP) is 1.52. The largest absolute Gasteiger partial charge is 0.328 e. The maximum absolute atomic E-state index is 5.93. The zero-order valence-corrected chi connectivity index (χ0v) is 12.9. The van der Waals surface area contributed by atoms with Crippen LogP contribution in [-0.2, 0) is 0 Å². The summed E-state index contributed by atoms with van der Waals surface area (Å²) in [5.41, 5.74) is 8.18. The van der Waals surface area contributed by atoms with Crippen molar-refractivity contribution in [1.29, 1.82) is 0 Å². The Labute approximate surface area is 126 Å². The summed E-state index contributed by atoms with van der Waals surface area (Å²) < 4.78 is 2.32. The average molecular weight is 287 g/mol. The van der Waals surface area contributed by atoms with Gasteiger partial charge in [0.25, 0.3) is 0 Å². The third kappa shape index (κ3) is 2.69. The highest BCUT2D eigenvalue weighted by Crippen LogP contribution is 2.27. The van der Waals surface area contributed by atoms with Crippen molar-refractivity contribution in [3.8, 4) is 0 Å². The lowest BCUT2D eigenvalue weighted by Gasteiger charge is -2.33. The molecule has 0 amide bonds. The maximum Gasteiger partial charge on any atom is 0.127 e. The van der Waals surface area contributed by atoms with Crippen LogP contribution in [0.1, 0.15) is 31.8 Å². The number of fused-ring (bicyclic) bond motifs is 1. The smallest absolute Gasteiger partial charge is 0.127 e. The first-order valence-corrected chi connectivity index (χ1v) is 7.84. The highest BCUT2D eigenvalue weighted by Gasteiger charge is 2.25. The van der Waals surface area contributed by atoms with Crippen molar-refractivity contribution in [2.24, 2.45) is 5.73 Å². The Hall–Kier alpha value is -1.43. The molecule has 0 bridgehead atoms. The minimum Gasteiger partial charge on any atom is -0.328 e. The van der Waals surface area contributed by atoms with Crippen molar-refractivity contribution in [1.82, 2.24) is 19.8 Å². The molecule has 1 aromatic carbocycles. The topological polar surface area (TPSA) is 59.1 Å². The fraction of sp³-hybridized carbons (Fsp3) is 0.562. The first-order chi connectivity index (χ1) is 10.2. The van der Waals surface area contributed by atoms with Crippen molar-refractivity contribution in [2.45, 2.75) is 25.9 Å². The molecule has 2 heterocycles. The van der Waals surface area contributed by atoms with Crippen LogP contribution in [0.5, 0.6) is 0 Å². The minimum absolute atomic E-state index is 0.262. The molecule has 5 heteroatoms. The van der Waals surface area contributed by atoms with Gasteiger partial charge in [0.05, 0.1) is 17.1 Å². The standard InChI is InChI=1S/C16H25N5/c1-12(11-17)21-15-6-4-3-5-14(15)19-16(21)13(2)20-9-7-18-8-10-20/h3-6,12-13,18H,7-11,17H2,1-2H3. The quantitative estimate of drug-likeness (QED) is 0.895. The number of benzene rings is 1. The summed E-state index contributed by atoms with van der Waals surface area (Å²) in [6.45, 7) is 9.30. The zero-order valence-electron chi connectivity index (χ0n) is 12.9. The normalized spacial score (nSPS) is 19.8. The third-order valence-electron chi connectivity index (χ3n) is 4.48. The molecule has 5 nitrogen and oxygen atoms in total. The Morgan fingerprint density at radius 1 is 1.24 bits per heavy atom. The lowest BCUT2D eigenvalue weighted by atomic mass is 10.2. The van der Waals surface area contributed by atoms with Crippen LogP contribution in [0.25, 0.3) is 11.0 Å². The molecule has 0 aliphatic carbocycles. The zero-order chi connectivity index (χ0) is 14.8. The summed E-state index contributed by atoms with van der Waals surface area (Å²) in [4.78, 5) is 7.40. The highest BCUT2D eigenvalue weighted by molar-refractivity contribution is 5.76. The number of piperazine rings is 1. The molecule has 2 aromatic rings. The Bertz CT molecular complexity index is 600. The number of aromatic nitrogens is 2. The van der Waals surface area contributed by atoms with E-state index in [-0.39, 0.29) is 6.04 Å². The number of nitrogens with one attached hydrogen (secondary N) is 1. The summed E-state index contributed by atoms with van der Waals surface area (Å²) in [7, 11) is 0. The molecule has 1 aliphatic heterocycles. The van der Waals surface area contributed by atoms with E-state index >= 15 is 0 Å². The molecule has 3 N–H and O–H groups in total. The molecule has 1 aliphatic rings. The van der Waals surface area contributed by atoms with Crippen LogP contribution < -0.4 is 11.1 Å². The molecule has 0 saturated carbocycles. The van der Waals surface area contributed by atoms with Crippen LogP contribution in [0.4, 0.5) is 0 Å². The number of nitrogens with two attached hydrogens (primary N) is 1. The van der Waals surface area contributed by atoms with Crippen LogP contribution in [0.3, 0.4) is 0 Å². The first kappa shape index (κ1) is 14.5. The Morgan fingerprint density at radius 3 is 2.67 bits per heavy atom. The number of imidazole rings is 1. The van der Waals surface area contributed by atoms with E-state index < -0.39 is 0 Å². The lowest BCUT2D eigenvalue weighted by molar-refractivity contribution is 0.175. The molecule has 1 saturated heterocycles. The fourth-order valence-electron chi connectivity index (χ4n) is 3.16. The number of hydrogen-bond donors (Lipinski definition) is 2. The summed E-state index contributed by atoms with van der Waals surface area (Å²) in [5.74, 6) is 1.14. The molecule has 2 atom stereocenters. The SMILES string of the molecule is CC(c1nc2ccccc2n1C(C)CN)N1CCNCC1. The van der Waals surface area contributed by atoms with Gasteiger partial charge in [-0.3, -0.25) is 4.90 Å².